The average Bonchev–Trinajstić information content (AvgIpc) is 3.25. The molecule has 3 aromatic rings. The van der Waals surface area contributed by atoms with Crippen LogP contribution in [0.1, 0.15) is 25.0 Å². The highest BCUT2D eigenvalue weighted by atomic mass is 16.3. The van der Waals surface area contributed by atoms with Gasteiger partial charge in [0.25, 0.3) is 0 Å². The Bertz CT molecular complexity index is 917. The molecule has 0 saturated carbocycles. The number of unbranched alkanes of at least 4 members (excludes halogenated alkanes) is 1. The summed E-state index contributed by atoms with van der Waals surface area (Å²) in [5.74, 6) is -0.107. The summed E-state index contributed by atoms with van der Waals surface area (Å²) < 4.78 is 4.12. The van der Waals surface area contributed by atoms with Gasteiger partial charge in [0.1, 0.15) is 6.61 Å². The molecule has 1 aromatic carbocycles. The fourth-order valence-electron chi connectivity index (χ4n) is 2.86. The zero-order valence-corrected chi connectivity index (χ0v) is 13.9. The SMILES string of the molecule is [C-]#[N+]c1ccc2ccn(Cc3cn(CCCCC(=O)CO)cn3)c2c1. The van der Waals surface area contributed by atoms with Gasteiger partial charge in [-0.25, -0.2) is 9.83 Å². The first-order chi connectivity index (χ1) is 12.2. The summed E-state index contributed by atoms with van der Waals surface area (Å²) in [6, 6.07) is 7.73. The van der Waals surface area contributed by atoms with E-state index < -0.39 is 0 Å². The van der Waals surface area contributed by atoms with Crippen LogP contribution in [0.3, 0.4) is 0 Å². The second-order valence-corrected chi connectivity index (χ2v) is 6.06. The number of nitrogens with zero attached hydrogens (tertiary/aromatic N) is 4. The van der Waals surface area contributed by atoms with Gasteiger partial charge in [0.15, 0.2) is 11.5 Å². The highest BCUT2D eigenvalue weighted by Crippen LogP contribution is 2.23. The number of imidazole rings is 1. The van der Waals surface area contributed by atoms with E-state index in [1.54, 1.807) is 6.33 Å². The molecule has 128 valence electrons. The first kappa shape index (κ1) is 16.9. The minimum atomic E-state index is -0.366. The number of carbonyl (C=O) groups excluding carboxylic acids is 1. The van der Waals surface area contributed by atoms with Crippen LogP contribution in [-0.2, 0) is 17.9 Å². The number of aliphatic hydroxyl groups excluding tert-OH is 1. The molecule has 3 rings (SSSR count). The lowest BCUT2D eigenvalue weighted by Crippen LogP contribution is -2.04. The summed E-state index contributed by atoms with van der Waals surface area (Å²) in [5, 5.41) is 9.81. The van der Waals surface area contributed by atoms with Gasteiger partial charge in [0.2, 0.25) is 0 Å². The Labute approximate surface area is 146 Å². The third-order valence-corrected chi connectivity index (χ3v) is 4.20. The summed E-state index contributed by atoms with van der Waals surface area (Å²) in [5.41, 5.74) is 2.62. The minimum absolute atomic E-state index is 0.107. The van der Waals surface area contributed by atoms with Crippen molar-refractivity contribution in [1.82, 2.24) is 14.1 Å². The van der Waals surface area contributed by atoms with Crippen LogP contribution in [0.15, 0.2) is 43.0 Å². The summed E-state index contributed by atoms with van der Waals surface area (Å²) in [4.78, 5) is 19.0. The molecule has 1 N–H and O–H groups in total. The summed E-state index contributed by atoms with van der Waals surface area (Å²) >= 11 is 0. The maximum absolute atomic E-state index is 11.1. The average molecular weight is 336 g/mol. The quantitative estimate of drug-likeness (QED) is 0.507. The van der Waals surface area contributed by atoms with Crippen molar-refractivity contribution >= 4 is 22.4 Å². The number of fused-ring (bicyclic) bond motifs is 1. The van der Waals surface area contributed by atoms with Crippen molar-refractivity contribution in [3.8, 4) is 0 Å². The molecular formula is C19H20N4O2. The number of aromatic nitrogens is 3. The van der Waals surface area contributed by atoms with E-state index in [9.17, 15) is 4.79 Å². The van der Waals surface area contributed by atoms with E-state index in [1.165, 1.54) is 0 Å². The fraction of sp³-hybridized carbons (Fsp3) is 0.316. The molecule has 0 atom stereocenters. The van der Waals surface area contributed by atoms with Crippen molar-refractivity contribution in [1.29, 1.82) is 0 Å². The molecule has 0 amide bonds. The molecule has 0 aliphatic heterocycles. The van der Waals surface area contributed by atoms with E-state index in [-0.39, 0.29) is 12.4 Å². The third-order valence-electron chi connectivity index (χ3n) is 4.20. The molecule has 6 heteroatoms. The Morgan fingerprint density at radius 1 is 1.28 bits per heavy atom. The molecular weight excluding hydrogens is 316 g/mol. The Kier molecular flexibility index (Phi) is 5.26. The van der Waals surface area contributed by atoms with Gasteiger partial charge in [0, 0.05) is 30.9 Å². The van der Waals surface area contributed by atoms with Crippen LogP contribution < -0.4 is 0 Å². The number of aliphatic hydroxyl groups is 1. The van der Waals surface area contributed by atoms with Crippen molar-refractivity contribution < 1.29 is 9.90 Å². The number of Topliss-reactive ketones (excluding diaryl/α,β-unsaturated/α-hetero) is 1. The summed E-state index contributed by atoms with van der Waals surface area (Å²) in [7, 11) is 0. The van der Waals surface area contributed by atoms with E-state index in [2.05, 4.69) is 14.4 Å². The molecule has 0 unspecified atom stereocenters. The Hall–Kier alpha value is -2.91. The first-order valence-electron chi connectivity index (χ1n) is 8.29. The van der Waals surface area contributed by atoms with Crippen LogP contribution in [-0.4, -0.2) is 31.6 Å². The Balaban J connectivity index is 1.62. The summed E-state index contributed by atoms with van der Waals surface area (Å²) in [6.07, 6.45) is 7.91. The van der Waals surface area contributed by atoms with Gasteiger partial charge in [-0.1, -0.05) is 12.1 Å². The normalized spacial score (nSPS) is 10.9. The molecule has 0 radical (unpaired) electrons. The first-order valence-corrected chi connectivity index (χ1v) is 8.29. The van der Waals surface area contributed by atoms with E-state index in [4.69, 9.17) is 11.7 Å². The topological polar surface area (TPSA) is 64.4 Å². The molecule has 0 spiro atoms. The standard InChI is InChI=1S/C19H20N4O2/c1-20-16-6-5-15-7-9-23(19(15)10-16)12-17-11-22(14-21-17)8-3-2-4-18(25)13-24/h5-7,9-11,14,24H,2-4,8,12-13H2. The fourth-order valence-corrected chi connectivity index (χ4v) is 2.86. The van der Waals surface area contributed by atoms with Crippen LogP contribution in [0.5, 0.6) is 0 Å². The lowest BCUT2D eigenvalue weighted by Gasteiger charge is -2.04. The number of hydrogen-bond acceptors (Lipinski definition) is 3. The van der Waals surface area contributed by atoms with Gasteiger partial charge in [-0.15, -0.1) is 0 Å². The van der Waals surface area contributed by atoms with Gasteiger partial charge < -0.3 is 14.2 Å². The molecule has 0 aliphatic carbocycles. The van der Waals surface area contributed by atoms with Gasteiger partial charge in [-0.3, -0.25) is 4.79 Å². The number of carbonyl (C=O) groups is 1. The monoisotopic (exact) mass is 336 g/mol. The lowest BCUT2D eigenvalue weighted by atomic mass is 10.2. The second kappa shape index (κ2) is 7.77. The van der Waals surface area contributed by atoms with Crippen molar-refractivity contribution in [2.24, 2.45) is 0 Å². The maximum atomic E-state index is 11.1. The van der Waals surface area contributed by atoms with Gasteiger partial charge in [-0.2, -0.15) is 0 Å². The predicted molar refractivity (Wildman–Crippen MR) is 95.5 cm³/mol. The molecule has 2 aromatic heterocycles. The van der Waals surface area contributed by atoms with Crippen LogP contribution >= 0.6 is 0 Å². The highest BCUT2D eigenvalue weighted by molar-refractivity contribution is 5.83. The van der Waals surface area contributed by atoms with E-state index in [1.807, 2.05) is 41.2 Å². The smallest absolute Gasteiger partial charge is 0.189 e. The maximum Gasteiger partial charge on any atom is 0.189 e. The molecule has 0 fully saturated rings. The third kappa shape index (κ3) is 4.14. The van der Waals surface area contributed by atoms with Crippen molar-refractivity contribution in [3.05, 3.63) is 60.1 Å². The molecule has 25 heavy (non-hydrogen) atoms. The Morgan fingerprint density at radius 2 is 2.16 bits per heavy atom. The van der Waals surface area contributed by atoms with Crippen LogP contribution in [0.4, 0.5) is 5.69 Å². The number of hydrogen-bond donors (Lipinski definition) is 1. The minimum Gasteiger partial charge on any atom is -0.389 e. The number of rotatable bonds is 8. The molecule has 2 heterocycles. The van der Waals surface area contributed by atoms with Crippen LogP contribution in [0.2, 0.25) is 0 Å². The largest absolute Gasteiger partial charge is 0.389 e. The van der Waals surface area contributed by atoms with Gasteiger partial charge in [0.05, 0.1) is 25.1 Å². The van der Waals surface area contributed by atoms with Gasteiger partial charge >= 0.3 is 0 Å². The van der Waals surface area contributed by atoms with Gasteiger partial charge in [-0.05, 0) is 30.4 Å². The Morgan fingerprint density at radius 3 is 2.96 bits per heavy atom. The molecule has 0 bridgehead atoms. The van der Waals surface area contributed by atoms with E-state index in [0.717, 1.165) is 36.0 Å². The van der Waals surface area contributed by atoms with Crippen molar-refractivity contribution in [2.45, 2.75) is 32.4 Å². The summed E-state index contributed by atoms with van der Waals surface area (Å²) in [6.45, 7) is 8.24. The van der Waals surface area contributed by atoms with Crippen molar-refractivity contribution in [2.75, 3.05) is 6.61 Å². The zero-order valence-electron chi connectivity index (χ0n) is 13.9. The molecule has 6 nitrogen and oxygen atoms in total. The predicted octanol–water partition coefficient (Wildman–Crippen LogP) is 3.17. The molecule has 0 aliphatic rings. The highest BCUT2D eigenvalue weighted by Gasteiger charge is 2.06. The number of benzene rings is 1. The van der Waals surface area contributed by atoms with Crippen LogP contribution in [0, 0.1) is 6.57 Å². The van der Waals surface area contributed by atoms with Crippen LogP contribution in [0.25, 0.3) is 15.7 Å². The lowest BCUT2D eigenvalue weighted by molar-refractivity contribution is -0.121. The molecule has 0 saturated heterocycles. The second-order valence-electron chi connectivity index (χ2n) is 6.06. The number of ketones is 1. The van der Waals surface area contributed by atoms with E-state index in [0.29, 0.717) is 18.7 Å². The van der Waals surface area contributed by atoms with E-state index >= 15 is 0 Å². The zero-order chi connectivity index (χ0) is 17.6. The number of aryl methyl sites for hydroxylation is 1. The van der Waals surface area contributed by atoms with Crippen molar-refractivity contribution in [3.63, 3.8) is 0 Å².